The standard InChI is InChI=1S/C33H39N7O7/c1-4-45-30(42)23-14-18(10-12-39-13-11-35-32(39)40-17-36-26-28(40)37-31(34)38-29(26)41)25-22(46-23)16-21-20(27(25)44-3)15-24(47-21)33(2,43)19-8-6-5-7-9-19/h10-11,13-14,16,19,24,32,35,43H,4-9,12,15,17H2,1-3H3,(H2,34,38,41)/p+2. The molecule has 5 heterocycles. The number of amides is 1. The third-order valence-electron chi connectivity index (χ3n) is 9.97. The first-order valence-corrected chi connectivity index (χ1v) is 16.3. The maximum atomic E-state index is 12.9. The van der Waals surface area contributed by atoms with Crippen molar-refractivity contribution in [1.82, 2.24) is 10.6 Å². The van der Waals surface area contributed by atoms with Gasteiger partial charge >= 0.3 is 12.3 Å². The molecule has 14 nitrogen and oxygen atoms in total. The molecule has 47 heavy (non-hydrogen) atoms. The van der Waals surface area contributed by atoms with Gasteiger partial charge in [0.15, 0.2) is 6.67 Å². The van der Waals surface area contributed by atoms with Crippen LogP contribution in [0.1, 0.15) is 57.1 Å². The second kappa shape index (κ2) is 12.2. The lowest BCUT2D eigenvalue weighted by atomic mass is 9.74. The van der Waals surface area contributed by atoms with Crippen LogP contribution >= 0.6 is 0 Å². The van der Waals surface area contributed by atoms with Crippen molar-refractivity contribution in [1.29, 1.82) is 5.41 Å². The summed E-state index contributed by atoms with van der Waals surface area (Å²) in [6, 6.07) is 1.78. The Morgan fingerprint density at radius 3 is 2.85 bits per heavy atom. The molecule has 14 heteroatoms. The molecule has 1 aliphatic carbocycles. The molecule has 5 atom stereocenters. The zero-order valence-corrected chi connectivity index (χ0v) is 26.8. The first-order chi connectivity index (χ1) is 22.7. The third-order valence-corrected chi connectivity index (χ3v) is 9.97. The summed E-state index contributed by atoms with van der Waals surface area (Å²) in [5.41, 5.74) is 1.48. The second-order valence-electron chi connectivity index (χ2n) is 12.8. The lowest BCUT2D eigenvalue weighted by Gasteiger charge is -2.39. The number of aliphatic hydroxyl groups is 1. The molecule has 1 saturated carbocycles. The van der Waals surface area contributed by atoms with Gasteiger partial charge in [-0.3, -0.25) is 20.8 Å². The normalized spacial score (nSPS) is 28.4. The molecule has 1 aromatic carbocycles. The van der Waals surface area contributed by atoms with Crippen molar-refractivity contribution in [3.63, 3.8) is 0 Å². The summed E-state index contributed by atoms with van der Waals surface area (Å²) in [5.74, 6) is 0.960. The maximum absolute atomic E-state index is 12.9. The van der Waals surface area contributed by atoms with E-state index in [4.69, 9.17) is 24.4 Å². The molecule has 6 aliphatic rings. The predicted octanol–water partition coefficient (Wildman–Crippen LogP) is -0.444. The summed E-state index contributed by atoms with van der Waals surface area (Å²) >= 11 is 0. The fourth-order valence-electron chi connectivity index (χ4n) is 7.51. The number of hydrogen-bond acceptors (Lipinski definition) is 10. The topological polar surface area (TPSA) is 173 Å². The smallest absolute Gasteiger partial charge is 0.374 e. The third kappa shape index (κ3) is 5.49. The van der Waals surface area contributed by atoms with Gasteiger partial charge in [0, 0.05) is 18.1 Å². The van der Waals surface area contributed by atoms with Gasteiger partial charge < -0.3 is 24.1 Å². The summed E-state index contributed by atoms with van der Waals surface area (Å²) in [5, 5.41) is 25.4. The van der Waals surface area contributed by atoms with Gasteiger partial charge in [0.1, 0.15) is 41.7 Å². The molecule has 7 rings (SSSR count). The first kappa shape index (κ1) is 31.1. The fourth-order valence-corrected chi connectivity index (χ4v) is 7.51. The Labute approximate surface area is 272 Å². The lowest BCUT2D eigenvalue weighted by molar-refractivity contribution is -1.05. The molecule has 0 bridgehead atoms. The van der Waals surface area contributed by atoms with E-state index in [-0.39, 0.29) is 36.2 Å². The predicted molar refractivity (Wildman–Crippen MR) is 170 cm³/mol. The van der Waals surface area contributed by atoms with Crippen LogP contribution < -0.4 is 34.6 Å². The number of carbonyl (C=O) groups is 2. The van der Waals surface area contributed by atoms with E-state index in [2.05, 4.69) is 20.6 Å². The number of benzene rings is 1. The molecule has 0 aromatic heterocycles. The van der Waals surface area contributed by atoms with Gasteiger partial charge in [-0.1, -0.05) is 19.3 Å². The summed E-state index contributed by atoms with van der Waals surface area (Å²) in [6.07, 6.45) is 12.6. The van der Waals surface area contributed by atoms with Crippen molar-refractivity contribution >= 4 is 35.0 Å². The molecule has 248 valence electrons. The largest absolute Gasteiger partial charge is 0.496 e. The number of nitrogens with one attached hydrogen (secondary N) is 5. The van der Waals surface area contributed by atoms with Crippen LogP contribution in [0.15, 0.2) is 46.4 Å². The van der Waals surface area contributed by atoms with Gasteiger partial charge in [0.05, 0.1) is 25.5 Å². The number of nitrogens with zero attached hydrogens (tertiary/aromatic N) is 2. The van der Waals surface area contributed by atoms with Gasteiger partial charge in [-0.2, -0.15) is 9.89 Å². The van der Waals surface area contributed by atoms with E-state index in [1.807, 2.05) is 25.4 Å². The first-order valence-electron chi connectivity index (χ1n) is 16.3. The van der Waals surface area contributed by atoms with Gasteiger partial charge in [-0.15, -0.1) is 0 Å². The van der Waals surface area contributed by atoms with Crippen LogP contribution in [0.3, 0.4) is 0 Å². The monoisotopic (exact) mass is 647 g/mol. The zero-order valence-electron chi connectivity index (χ0n) is 26.8. The summed E-state index contributed by atoms with van der Waals surface area (Å²) in [4.78, 5) is 35.8. The van der Waals surface area contributed by atoms with Crippen molar-refractivity contribution in [3.05, 3.63) is 47.5 Å². The highest BCUT2D eigenvalue weighted by molar-refractivity contribution is 6.68. The van der Waals surface area contributed by atoms with Crippen molar-refractivity contribution in [2.45, 2.75) is 70.4 Å². The van der Waals surface area contributed by atoms with E-state index in [9.17, 15) is 14.7 Å². The number of aliphatic imine (C=N–C) groups is 2. The summed E-state index contributed by atoms with van der Waals surface area (Å²) in [6.45, 7) is 4.58. The van der Waals surface area contributed by atoms with Crippen molar-refractivity contribution in [3.8, 4) is 17.2 Å². The van der Waals surface area contributed by atoms with Gasteiger partial charge in [0.2, 0.25) is 17.4 Å². The Bertz CT molecular complexity index is 1670. The molecule has 1 aromatic rings. The minimum atomic E-state index is -1.02. The second-order valence-corrected chi connectivity index (χ2v) is 12.8. The maximum Gasteiger partial charge on any atom is 0.374 e. The number of methoxy groups -OCH3 is 1. The quantitative estimate of drug-likeness (QED) is 0.206. The molecule has 5 aliphatic heterocycles. The van der Waals surface area contributed by atoms with Crippen LogP contribution in [0, 0.1) is 11.3 Å². The average Bonchev–Trinajstić information content (AvgIpc) is 3.81. The van der Waals surface area contributed by atoms with E-state index in [0.717, 1.165) is 41.0 Å². The lowest BCUT2D eigenvalue weighted by Crippen LogP contribution is -3.36. The van der Waals surface area contributed by atoms with Crippen LogP contribution in [0.2, 0.25) is 0 Å². The number of carbonyl (C=O) groups excluding carboxylic acids is 2. The minimum Gasteiger partial charge on any atom is -0.496 e. The molecule has 0 radical (unpaired) electrons. The summed E-state index contributed by atoms with van der Waals surface area (Å²) < 4.78 is 23.9. The molecule has 1 fully saturated rings. The molecular weight excluding hydrogens is 606 g/mol. The Balaban J connectivity index is 1.20. The van der Waals surface area contributed by atoms with Crippen LogP contribution in [-0.4, -0.2) is 79.4 Å². The minimum absolute atomic E-state index is 0.0438. The molecule has 5 unspecified atom stereocenters. The summed E-state index contributed by atoms with van der Waals surface area (Å²) in [7, 11) is 1.60. The van der Waals surface area contributed by atoms with Gasteiger partial charge in [-0.05, 0) is 50.3 Å². The van der Waals surface area contributed by atoms with Crippen molar-refractivity contribution in [2.75, 3.05) is 26.9 Å². The fraction of sp³-hybridized carbons (Fsp3) is 0.485. The molecular formula is C33H41N7O7+2. The van der Waals surface area contributed by atoms with Crippen LogP contribution in [-0.2, 0) is 20.7 Å². The number of allylic oxidation sites excluding steroid dienone is 2. The van der Waals surface area contributed by atoms with E-state index >= 15 is 0 Å². The number of hydrogen-bond donors (Lipinski definition) is 6. The zero-order chi connectivity index (χ0) is 32.9. The van der Waals surface area contributed by atoms with Crippen LogP contribution in [0.5, 0.6) is 17.2 Å². The Kier molecular flexibility index (Phi) is 8.10. The number of esters is 1. The Hall–Kier alpha value is -4.53. The highest BCUT2D eigenvalue weighted by atomic mass is 16.6. The highest BCUT2D eigenvalue weighted by Crippen LogP contribution is 2.51. The number of guanidine groups is 1. The van der Waals surface area contributed by atoms with Gasteiger partial charge in [-0.25, -0.2) is 14.7 Å². The van der Waals surface area contributed by atoms with Gasteiger partial charge in [0.25, 0.3) is 11.7 Å². The SMILES string of the molecule is CCOC(=O)C1=CC(=CC[NH+]2C=CNC2[NH+]2CN=C3C(=O)NC(=N)N=C32)c2c(cc3c(c2OC)CC(C(C)(O)C2CCCCC2)O3)O1. The number of quaternary nitrogens is 2. The Morgan fingerprint density at radius 2 is 2.09 bits per heavy atom. The molecule has 0 saturated heterocycles. The average molecular weight is 648 g/mol. The number of ether oxygens (including phenoxy) is 4. The number of fused-ring (bicyclic) bond motifs is 3. The number of rotatable bonds is 8. The van der Waals surface area contributed by atoms with Crippen LogP contribution in [0.4, 0.5) is 0 Å². The Morgan fingerprint density at radius 1 is 1.28 bits per heavy atom. The van der Waals surface area contributed by atoms with E-state index in [0.29, 0.717) is 53.9 Å². The van der Waals surface area contributed by atoms with E-state index in [1.165, 1.54) is 6.42 Å². The van der Waals surface area contributed by atoms with Crippen molar-refractivity contribution in [2.24, 2.45) is 15.9 Å². The highest BCUT2D eigenvalue weighted by Gasteiger charge is 2.48. The van der Waals surface area contributed by atoms with E-state index in [1.54, 1.807) is 26.2 Å². The number of amidine groups is 1. The molecule has 1 amide bonds. The van der Waals surface area contributed by atoms with Crippen molar-refractivity contribution < 1.29 is 43.4 Å². The van der Waals surface area contributed by atoms with E-state index < -0.39 is 23.6 Å². The molecule has 0 spiro atoms. The van der Waals surface area contributed by atoms with Crippen LogP contribution in [0.25, 0.3) is 5.57 Å². The molecule has 6 N–H and O–H groups in total.